The number of halogens is 2. The molecule has 1 rings (SSSR count). The summed E-state index contributed by atoms with van der Waals surface area (Å²) in [5, 5.41) is -0.0898. The molecule has 0 saturated carbocycles. The number of rotatable bonds is 7. The van der Waals surface area contributed by atoms with E-state index in [9.17, 15) is 12.8 Å². The van der Waals surface area contributed by atoms with E-state index >= 15 is 0 Å². The monoisotopic (exact) mass is 322 g/mol. The maximum atomic E-state index is 13.0. The molecular formula is C13H20ClFN2O2S. The van der Waals surface area contributed by atoms with Gasteiger partial charge in [0.05, 0.1) is 10.8 Å². The molecule has 0 aliphatic rings. The van der Waals surface area contributed by atoms with Gasteiger partial charge in [0.2, 0.25) is 10.0 Å². The minimum Gasteiger partial charge on any atom is -0.324 e. The third kappa shape index (κ3) is 5.01. The fourth-order valence-electron chi connectivity index (χ4n) is 1.65. The highest BCUT2D eigenvalue weighted by Gasteiger charge is 2.23. The van der Waals surface area contributed by atoms with Crippen molar-refractivity contribution in [2.75, 3.05) is 6.54 Å². The molecule has 114 valence electrons. The molecule has 0 aromatic heterocycles. The summed E-state index contributed by atoms with van der Waals surface area (Å²) < 4.78 is 39.5. The molecule has 1 aromatic rings. The van der Waals surface area contributed by atoms with Crippen molar-refractivity contribution >= 4 is 21.6 Å². The molecule has 0 radical (unpaired) electrons. The van der Waals surface area contributed by atoms with E-state index in [1.54, 1.807) is 0 Å². The van der Waals surface area contributed by atoms with Crippen molar-refractivity contribution < 1.29 is 12.8 Å². The second kappa shape index (κ2) is 6.85. The van der Waals surface area contributed by atoms with Gasteiger partial charge in [0.1, 0.15) is 5.82 Å². The summed E-state index contributed by atoms with van der Waals surface area (Å²) >= 11 is 5.63. The Morgan fingerprint density at radius 1 is 1.35 bits per heavy atom. The molecule has 7 heteroatoms. The molecule has 4 nitrogen and oxygen atoms in total. The fraction of sp³-hybridized carbons (Fsp3) is 0.538. The van der Waals surface area contributed by atoms with Gasteiger partial charge in [-0.15, -0.1) is 0 Å². The predicted octanol–water partition coefficient (Wildman–Crippen LogP) is 2.42. The Morgan fingerprint density at radius 2 is 1.95 bits per heavy atom. The molecule has 0 aliphatic heterocycles. The minimum atomic E-state index is -3.53. The van der Waals surface area contributed by atoms with Crippen LogP contribution >= 0.6 is 11.6 Å². The smallest absolute Gasteiger partial charge is 0.215 e. The number of nitrogens with one attached hydrogen (secondary N) is 1. The van der Waals surface area contributed by atoms with Crippen molar-refractivity contribution in [1.29, 1.82) is 0 Å². The van der Waals surface area contributed by atoms with Crippen LogP contribution in [0.4, 0.5) is 4.39 Å². The van der Waals surface area contributed by atoms with Crippen LogP contribution in [0.3, 0.4) is 0 Å². The summed E-state index contributed by atoms with van der Waals surface area (Å²) in [6.45, 7) is 4.01. The van der Waals surface area contributed by atoms with E-state index in [1.807, 2.05) is 13.8 Å². The van der Waals surface area contributed by atoms with Gasteiger partial charge in [-0.2, -0.15) is 0 Å². The lowest BCUT2D eigenvalue weighted by molar-refractivity contribution is 0.391. The first-order chi connectivity index (χ1) is 9.21. The highest BCUT2D eigenvalue weighted by atomic mass is 35.5. The average molecular weight is 323 g/mol. The van der Waals surface area contributed by atoms with E-state index in [4.69, 9.17) is 17.3 Å². The van der Waals surface area contributed by atoms with Crippen LogP contribution in [0.2, 0.25) is 5.02 Å². The quantitative estimate of drug-likeness (QED) is 0.809. The van der Waals surface area contributed by atoms with Crippen LogP contribution in [0.25, 0.3) is 0 Å². The molecule has 20 heavy (non-hydrogen) atoms. The van der Waals surface area contributed by atoms with Crippen LogP contribution < -0.4 is 10.5 Å². The van der Waals surface area contributed by atoms with Crippen molar-refractivity contribution in [1.82, 2.24) is 4.72 Å². The first kappa shape index (κ1) is 17.4. The lowest BCUT2D eigenvalue weighted by Gasteiger charge is -2.26. The van der Waals surface area contributed by atoms with Gasteiger partial charge >= 0.3 is 0 Å². The molecule has 0 heterocycles. The van der Waals surface area contributed by atoms with Gasteiger partial charge in [-0.25, -0.2) is 17.5 Å². The zero-order valence-electron chi connectivity index (χ0n) is 11.6. The van der Waals surface area contributed by atoms with Gasteiger partial charge in [0, 0.05) is 12.1 Å². The molecule has 0 aliphatic carbocycles. The fourth-order valence-corrected chi connectivity index (χ4v) is 3.08. The van der Waals surface area contributed by atoms with Gasteiger partial charge < -0.3 is 5.73 Å². The van der Waals surface area contributed by atoms with Crippen molar-refractivity contribution in [3.8, 4) is 0 Å². The van der Waals surface area contributed by atoms with Crippen molar-refractivity contribution in [2.24, 2.45) is 5.73 Å². The number of sulfonamides is 1. The van der Waals surface area contributed by atoms with Crippen LogP contribution in [0.5, 0.6) is 0 Å². The van der Waals surface area contributed by atoms with E-state index in [1.165, 1.54) is 12.1 Å². The first-order valence-electron chi connectivity index (χ1n) is 6.41. The van der Waals surface area contributed by atoms with E-state index in [0.29, 0.717) is 18.4 Å². The Morgan fingerprint density at radius 3 is 2.45 bits per heavy atom. The van der Waals surface area contributed by atoms with Crippen LogP contribution in [-0.2, 0) is 15.8 Å². The van der Waals surface area contributed by atoms with Crippen LogP contribution in [0.15, 0.2) is 18.2 Å². The molecule has 0 atom stereocenters. The Hall–Kier alpha value is -0.690. The summed E-state index contributed by atoms with van der Waals surface area (Å²) in [5.41, 5.74) is 5.93. The maximum absolute atomic E-state index is 13.0. The Kier molecular flexibility index (Phi) is 5.94. The summed E-state index contributed by atoms with van der Waals surface area (Å²) in [5.74, 6) is -0.824. The predicted molar refractivity (Wildman–Crippen MR) is 79.5 cm³/mol. The van der Waals surface area contributed by atoms with Crippen molar-refractivity contribution in [3.05, 3.63) is 34.6 Å². The zero-order valence-corrected chi connectivity index (χ0v) is 13.2. The highest BCUT2D eigenvalue weighted by Crippen LogP contribution is 2.18. The van der Waals surface area contributed by atoms with Gasteiger partial charge in [0.15, 0.2) is 0 Å². The van der Waals surface area contributed by atoms with Crippen molar-refractivity contribution in [3.63, 3.8) is 0 Å². The second-order valence-electron chi connectivity index (χ2n) is 4.90. The number of nitrogens with two attached hydrogens (primary N) is 1. The second-order valence-corrected chi connectivity index (χ2v) is 7.11. The molecule has 0 spiro atoms. The number of hydrogen-bond donors (Lipinski definition) is 2. The Balaban J connectivity index is 2.73. The summed E-state index contributed by atoms with van der Waals surface area (Å²) in [6, 6.07) is 3.86. The van der Waals surface area contributed by atoms with Gasteiger partial charge in [0.25, 0.3) is 0 Å². The molecule has 0 amide bonds. The molecule has 1 aromatic carbocycles. The van der Waals surface area contributed by atoms with E-state index in [0.717, 1.165) is 6.07 Å². The van der Waals surface area contributed by atoms with E-state index < -0.39 is 21.4 Å². The first-order valence-corrected chi connectivity index (χ1v) is 8.44. The minimum absolute atomic E-state index is 0.0898. The molecule has 0 unspecified atom stereocenters. The molecule has 0 bridgehead atoms. The lowest BCUT2D eigenvalue weighted by atomic mass is 9.95. The van der Waals surface area contributed by atoms with E-state index in [2.05, 4.69) is 4.72 Å². The van der Waals surface area contributed by atoms with Crippen molar-refractivity contribution in [2.45, 2.75) is 38.0 Å². The number of hydrogen-bond acceptors (Lipinski definition) is 3. The van der Waals surface area contributed by atoms with Gasteiger partial charge in [-0.1, -0.05) is 31.5 Å². The summed E-state index contributed by atoms with van der Waals surface area (Å²) in [4.78, 5) is 0. The van der Waals surface area contributed by atoms with Crippen LogP contribution in [-0.4, -0.2) is 20.5 Å². The van der Waals surface area contributed by atoms with Gasteiger partial charge in [-0.05, 0) is 30.5 Å². The topological polar surface area (TPSA) is 72.2 Å². The van der Waals surface area contributed by atoms with E-state index in [-0.39, 0.29) is 17.3 Å². The molecule has 3 N–H and O–H groups in total. The summed E-state index contributed by atoms with van der Waals surface area (Å²) in [6.07, 6.45) is 1.35. The average Bonchev–Trinajstić information content (AvgIpc) is 2.40. The largest absolute Gasteiger partial charge is 0.324 e. The van der Waals surface area contributed by atoms with Crippen LogP contribution in [0.1, 0.15) is 32.3 Å². The standard InChI is InChI=1S/C13H20ClFN2O2S/c1-3-13(16,4-2)9-17-20(18,19)8-10-5-6-12(15)11(14)7-10/h5-7,17H,3-4,8-9,16H2,1-2H3. The Bertz CT molecular complexity index is 559. The third-order valence-electron chi connectivity index (χ3n) is 3.39. The van der Waals surface area contributed by atoms with Gasteiger partial charge in [-0.3, -0.25) is 0 Å². The molecular weight excluding hydrogens is 303 g/mol. The summed E-state index contributed by atoms with van der Waals surface area (Å²) in [7, 11) is -3.53. The molecule has 0 fully saturated rings. The number of benzene rings is 1. The van der Waals surface area contributed by atoms with Crippen LogP contribution in [0, 0.1) is 5.82 Å². The third-order valence-corrected chi connectivity index (χ3v) is 4.98. The lowest BCUT2D eigenvalue weighted by Crippen LogP contribution is -2.49. The highest BCUT2D eigenvalue weighted by molar-refractivity contribution is 7.88. The normalized spacial score (nSPS) is 12.7. The maximum Gasteiger partial charge on any atom is 0.215 e. The zero-order chi connectivity index (χ0) is 15.4. The SMILES string of the molecule is CCC(N)(CC)CNS(=O)(=O)Cc1ccc(F)c(Cl)c1. The molecule has 0 saturated heterocycles. The Labute approximate surface area is 124 Å².